The second kappa shape index (κ2) is 7.70. The minimum atomic E-state index is -0.439. The van der Waals surface area contributed by atoms with Gasteiger partial charge >= 0.3 is 0 Å². The van der Waals surface area contributed by atoms with Crippen LogP contribution in [0.2, 0.25) is 10.0 Å². The molecule has 4 rings (SSSR count). The van der Waals surface area contributed by atoms with Crippen molar-refractivity contribution in [2.45, 2.75) is 0 Å². The number of amides is 1. The molecule has 0 aliphatic heterocycles. The van der Waals surface area contributed by atoms with Crippen LogP contribution in [0.25, 0.3) is 0 Å². The van der Waals surface area contributed by atoms with Gasteiger partial charge in [-0.05, 0) is 36.4 Å². The smallest absolute Gasteiger partial charge is 0.262 e. The summed E-state index contributed by atoms with van der Waals surface area (Å²) in [5.41, 5.74) is 1.70. The highest BCUT2D eigenvalue weighted by molar-refractivity contribution is 6.35. The molecule has 0 unspecified atom stereocenters. The molecule has 0 radical (unpaired) electrons. The number of fused-ring (bicyclic) bond motifs is 2. The molecule has 0 spiro atoms. The van der Waals surface area contributed by atoms with E-state index in [1.807, 2.05) is 0 Å². The predicted molar refractivity (Wildman–Crippen MR) is 110 cm³/mol. The number of ether oxygens (including phenoxy) is 1. The van der Waals surface area contributed by atoms with Gasteiger partial charge in [-0.25, -0.2) is 0 Å². The summed E-state index contributed by atoms with van der Waals surface area (Å²) in [6, 6.07) is 16.0. The Kier molecular flexibility index (Phi) is 5.09. The Balaban J connectivity index is 1.50. The first-order valence-electron chi connectivity index (χ1n) is 8.64. The lowest BCUT2D eigenvalue weighted by atomic mass is 9.84. The fourth-order valence-corrected chi connectivity index (χ4v) is 3.57. The highest BCUT2D eigenvalue weighted by Crippen LogP contribution is 2.29. The highest BCUT2D eigenvalue weighted by Gasteiger charge is 2.29. The molecule has 29 heavy (non-hydrogen) atoms. The Morgan fingerprint density at radius 1 is 0.828 bits per heavy atom. The van der Waals surface area contributed by atoms with Crippen LogP contribution in [0, 0.1) is 0 Å². The van der Waals surface area contributed by atoms with Crippen molar-refractivity contribution >= 4 is 46.4 Å². The molecule has 5 nitrogen and oxygen atoms in total. The molecule has 0 bridgehead atoms. The lowest BCUT2D eigenvalue weighted by Crippen LogP contribution is -2.23. The van der Waals surface area contributed by atoms with E-state index >= 15 is 0 Å². The SMILES string of the molecule is O=C(COc1ccc(Cl)cc1Cl)Nc1ccc2c(c1)C(=O)c1ccccc1C2=O. The van der Waals surface area contributed by atoms with Crippen molar-refractivity contribution < 1.29 is 19.1 Å². The summed E-state index contributed by atoms with van der Waals surface area (Å²) in [7, 11) is 0. The maximum atomic E-state index is 12.8. The average Bonchev–Trinajstić information content (AvgIpc) is 2.71. The van der Waals surface area contributed by atoms with E-state index < -0.39 is 5.91 Å². The summed E-state index contributed by atoms with van der Waals surface area (Å²) in [4.78, 5) is 37.6. The third-order valence-electron chi connectivity index (χ3n) is 4.46. The van der Waals surface area contributed by atoms with E-state index in [2.05, 4.69) is 5.32 Å². The molecule has 0 saturated carbocycles. The number of anilines is 1. The summed E-state index contributed by atoms with van der Waals surface area (Å²) >= 11 is 11.8. The zero-order chi connectivity index (χ0) is 20.5. The Labute approximate surface area is 176 Å². The number of nitrogens with one attached hydrogen (secondary N) is 1. The van der Waals surface area contributed by atoms with Crippen LogP contribution in [0.3, 0.4) is 0 Å². The number of carbonyl (C=O) groups is 3. The zero-order valence-corrected chi connectivity index (χ0v) is 16.4. The molecule has 1 N–H and O–H groups in total. The van der Waals surface area contributed by atoms with Gasteiger partial charge in [-0.2, -0.15) is 0 Å². The van der Waals surface area contributed by atoms with Crippen LogP contribution < -0.4 is 10.1 Å². The molecule has 0 fully saturated rings. The lowest BCUT2D eigenvalue weighted by molar-refractivity contribution is -0.118. The van der Waals surface area contributed by atoms with Crippen molar-refractivity contribution in [2.24, 2.45) is 0 Å². The first kappa shape index (κ1) is 19.2. The van der Waals surface area contributed by atoms with E-state index in [4.69, 9.17) is 27.9 Å². The fraction of sp³-hybridized carbons (Fsp3) is 0.0455. The van der Waals surface area contributed by atoms with E-state index in [9.17, 15) is 14.4 Å². The molecular weight excluding hydrogens is 413 g/mol. The fourth-order valence-electron chi connectivity index (χ4n) is 3.11. The van der Waals surface area contributed by atoms with Crippen LogP contribution in [0.4, 0.5) is 5.69 Å². The summed E-state index contributed by atoms with van der Waals surface area (Å²) < 4.78 is 5.40. The van der Waals surface area contributed by atoms with Gasteiger partial charge in [0, 0.05) is 33.0 Å². The monoisotopic (exact) mass is 425 g/mol. The Bertz CT molecular complexity index is 1170. The Morgan fingerprint density at radius 2 is 1.48 bits per heavy atom. The van der Waals surface area contributed by atoms with E-state index in [0.717, 1.165) is 0 Å². The molecule has 1 aliphatic carbocycles. The van der Waals surface area contributed by atoms with Gasteiger partial charge in [-0.1, -0.05) is 47.5 Å². The van der Waals surface area contributed by atoms with Crippen LogP contribution in [0.5, 0.6) is 5.75 Å². The Morgan fingerprint density at radius 3 is 2.17 bits per heavy atom. The predicted octanol–water partition coefficient (Wildman–Crippen LogP) is 4.79. The minimum Gasteiger partial charge on any atom is -0.482 e. The van der Waals surface area contributed by atoms with Gasteiger partial charge in [0.25, 0.3) is 5.91 Å². The van der Waals surface area contributed by atoms with E-state index in [1.54, 1.807) is 42.5 Å². The number of ketones is 2. The molecular formula is C22H13Cl2NO4. The van der Waals surface area contributed by atoms with Crippen molar-refractivity contribution in [2.75, 3.05) is 11.9 Å². The molecule has 0 saturated heterocycles. The Hall–Kier alpha value is -3.15. The number of hydrogen-bond donors (Lipinski definition) is 1. The summed E-state index contributed by atoms with van der Waals surface area (Å²) in [6.07, 6.45) is 0. The second-order valence-electron chi connectivity index (χ2n) is 6.38. The maximum Gasteiger partial charge on any atom is 0.262 e. The number of halogens is 2. The van der Waals surface area contributed by atoms with Crippen molar-refractivity contribution in [3.05, 3.63) is 93.0 Å². The lowest BCUT2D eigenvalue weighted by Gasteiger charge is -2.18. The van der Waals surface area contributed by atoms with Crippen LogP contribution in [-0.4, -0.2) is 24.1 Å². The number of rotatable bonds is 4. The molecule has 1 amide bonds. The van der Waals surface area contributed by atoms with Crippen molar-refractivity contribution in [3.8, 4) is 5.75 Å². The number of hydrogen-bond acceptors (Lipinski definition) is 4. The molecule has 3 aromatic carbocycles. The maximum absolute atomic E-state index is 12.8. The van der Waals surface area contributed by atoms with Crippen LogP contribution in [-0.2, 0) is 4.79 Å². The number of carbonyl (C=O) groups excluding carboxylic acids is 3. The van der Waals surface area contributed by atoms with Gasteiger partial charge in [0.2, 0.25) is 0 Å². The van der Waals surface area contributed by atoms with Crippen molar-refractivity contribution in [1.29, 1.82) is 0 Å². The van der Waals surface area contributed by atoms with Gasteiger partial charge in [-0.3, -0.25) is 14.4 Å². The second-order valence-corrected chi connectivity index (χ2v) is 7.22. The van der Waals surface area contributed by atoms with E-state index in [0.29, 0.717) is 38.2 Å². The molecule has 3 aromatic rings. The van der Waals surface area contributed by atoms with Gasteiger partial charge in [-0.15, -0.1) is 0 Å². The largest absolute Gasteiger partial charge is 0.482 e. The number of benzene rings is 3. The molecule has 0 atom stereocenters. The van der Waals surface area contributed by atoms with E-state index in [-0.39, 0.29) is 23.7 Å². The van der Waals surface area contributed by atoms with Crippen molar-refractivity contribution in [3.63, 3.8) is 0 Å². The molecule has 0 aromatic heterocycles. The van der Waals surface area contributed by atoms with E-state index in [1.165, 1.54) is 18.2 Å². The van der Waals surface area contributed by atoms with Gasteiger partial charge < -0.3 is 10.1 Å². The first-order valence-corrected chi connectivity index (χ1v) is 9.40. The topological polar surface area (TPSA) is 72.5 Å². The summed E-state index contributed by atoms with van der Waals surface area (Å²) in [5.74, 6) is -0.579. The third kappa shape index (κ3) is 3.75. The van der Waals surface area contributed by atoms with Gasteiger partial charge in [0.05, 0.1) is 5.02 Å². The molecule has 7 heteroatoms. The average molecular weight is 426 g/mol. The molecule has 1 aliphatic rings. The normalized spacial score (nSPS) is 12.2. The van der Waals surface area contributed by atoms with Gasteiger partial charge in [0.15, 0.2) is 18.2 Å². The quantitative estimate of drug-likeness (QED) is 0.510. The summed E-state index contributed by atoms with van der Waals surface area (Å²) in [6.45, 7) is -0.284. The third-order valence-corrected chi connectivity index (χ3v) is 4.99. The molecule has 144 valence electrons. The van der Waals surface area contributed by atoms with Crippen LogP contribution in [0.1, 0.15) is 31.8 Å². The first-order chi connectivity index (χ1) is 13.9. The van der Waals surface area contributed by atoms with Crippen LogP contribution >= 0.6 is 23.2 Å². The highest BCUT2D eigenvalue weighted by atomic mass is 35.5. The molecule has 0 heterocycles. The standard InChI is InChI=1S/C22H13Cl2NO4/c23-12-5-8-19(18(24)9-12)29-11-20(26)25-13-6-7-16-17(10-13)22(28)15-4-2-1-3-14(15)21(16)27/h1-10H,11H2,(H,25,26). The van der Waals surface area contributed by atoms with Gasteiger partial charge in [0.1, 0.15) is 5.75 Å². The van der Waals surface area contributed by atoms with Crippen LogP contribution in [0.15, 0.2) is 60.7 Å². The zero-order valence-electron chi connectivity index (χ0n) is 14.9. The van der Waals surface area contributed by atoms with Crippen molar-refractivity contribution in [1.82, 2.24) is 0 Å². The minimum absolute atomic E-state index is 0.214. The summed E-state index contributed by atoms with van der Waals surface area (Å²) in [5, 5.41) is 3.41.